The number of rotatable bonds is 1. The molecular formula is C12H13N3O2. The number of aryl methyl sites for hydroxylation is 1. The molecule has 0 saturated carbocycles. The first-order valence-electron chi connectivity index (χ1n) is 5.24. The van der Waals surface area contributed by atoms with E-state index < -0.39 is 0 Å². The van der Waals surface area contributed by atoms with Crippen LogP contribution in [0.25, 0.3) is 10.9 Å². The summed E-state index contributed by atoms with van der Waals surface area (Å²) in [6.07, 6.45) is 0. The van der Waals surface area contributed by atoms with E-state index in [1.807, 2.05) is 13.0 Å². The summed E-state index contributed by atoms with van der Waals surface area (Å²) in [5, 5.41) is 3.09. The summed E-state index contributed by atoms with van der Waals surface area (Å²) in [5.74, 6) is 0.0119. The maximum absolute atomic E-state index is 12.1. The summed E-state index contributed by atoms with van der Waals surface area (Å²) in [6, 6.07) is 5.45. The number of fused-ring (bicyclic) bond motifs is 1. The molecule has 2 aromatic rings. The number of benzene rings is 1. The van der Waals surface area contributed by atoms with E-state index in [0.717, 1.165) is 5.56 Å². The summed E-state index contributed by atoms with van der Waals surface area (Å²) in [4.78, 5) is 27.3. The zero-order valence-electron chi connectivity index (χ0n) is 9.94. The lowest BCUT2D eigenvalue weighted by molar-refractivity contribution is -0.114. The molecule has 1 aromatic carbocycles. The average Bonchev–Trinajstić information content (AvgIpc) is 2.26. The van der Waals surface area contributed by atoms with E-state index in [1.54, 1.807) is 19.2 Å². The molecule has 1 heterocycles. The van der Waals surface area contributed by atoms with Crippen LogP contribution in [0.2, 0.25) is 0 Å². The summed E-state index contributed by atoms with van der Waals surface area (Å²) >= 11 is 0. The molecule has 0 spiro atoms. The maximum Gasteiger partial charge on any atom is 0.262 e. The molecular weight excluding hydrogens is 218 g/mol. The standard InChI is InChI=1S/C12H13N3O2/c1-7-4-5-10-9(6-7)11(17)15(3)12(14-10)13-8(2)16/h4-6H,1-3H3,(H,13,14,16). The molecule has 5 heteroatoms. The van der Waals surface area contributed by atoms with Gasteiger partial charge in [0.2, 0.25) is 11.9 Å². The predicted molar refractivity (Wildman–Crippen MR) is 66.0 cm³/mol. The van der Waals surface area contributed by atoms with Crippen molar-refractivity contribution in [2.75, 3.05) is 5.32 Å². The van der Waals surface area contributed by atoms with E-state index in [1.165, 1.54) is 11.5 Å². The van der Waals surface area contributed by atoms with Crippen molar-refractivity contribution in [1.29, 1.82) is 0 Å². The molecule has 0 aliphatic rings. The topological polar surface area (TPSA) is 64.0 Å². The lowest BCUT2D eigenvalue weighted by Crippen LogP contribution is -2.24. The maximum atomic E-state index is 12.1. The number of carbonyl (C=O) groups excluding carboxylic acids is 1. The van der Waals surface area contributed by atoms with Crippen molar-refractivity contribution in [3.05, 3.63) is 34.1 Å². The largest absolute Gasteiger partial charge is 0.296 e. The van der Waals surface area contributed by atoms with Crippen LogP contribution in [-0.2, 0) is 11.8 Å². The molecule has 0 aliphatic heterocycles. The Bertz CT molecular complexity index is 659. The van der Waals surface area contributed by atoms with E-state index in [4.69, 9.17) is 0 Å². The highest BCUT2D eigenvalue weighted by molar-refractivity contribution is 5.88. The van der Waals surface area contributed by atoms with Gasteiger partial charge in [0.05, 0.1) is 10.9 Å². The van der Waals surface area contributed by atoms with Gasteiger partial charge >= 0.3 is 0 Å². The number of carbonyl (C=O) groups is 1. The van der Waals surface area contributed by atoms with Crippen LogP contribution < -0.4 is 10.9 Å². The molecule has 0 unspecified atom stereocenters. The first-order valence-corrected chi connectivity index (χ1v) is 5.24. The van der Waals surface area contributed by atoms with Crippen LogP contribution in [0.3, 0.4) is 0 Å². The SMILES string of the molecule is CC(=O)Nc1nc2ccc(C)cc2c(=O)n1C. The fraction of sp³-hybridized carbons (Fsp3) is 0.250. The summed E-state index contributed by atoms with van der Waals surface area (Å²) < 4.78 is 1.34. The van der Waals surface area contributed by atoms with Gasteiger partial charge in [0.15, 0.2) is 0 Å². The quantitative estimate of drug-likeness (QED) is 0.802. The van der Waals surface area contributed by atoms with Crippen molar-refractivity contribution in [3.8, 4) is 0 Å². The van der Waals surface area contributed by atoms with Crippen molar-refractivity contribution in [2.24, 2.45) is 7.05 Å². The first kappa shape index (κ1) is 11.3. The fourth-order valence-electron chi connectivity index (χ4n) is 1.65. The minimum absolute atomic E-state index is 0.164. The Hall–Kier alpha value is -2.17. The molecule has 0 atom stereocenters. The zero-order valence-corrected chi connectivity index (χ0v) is 9.94. The van der Waals surface area contributed by atoms with Crippen molar-refractivity contribution in [2.45, 2.75) is 13.8 Å². The van der Waals surface area contributed by atoms with Gasteiger partial charge in [-0.25, -0.2) is 4.98 Å². The van der Waals surface area contributed by atoms with Crippen LogP contribution in [0.1, 0.15) is 12.5 Å². The van der Waals surface area contributed by atoms with Gasteiger partial charge in [-0.1, -0.05) is 11.6 Å². The third-order valence-corrected chi connectivity index (χ3v) is 2.52. The van der Waals surface area contributed by atoms with Crippen LogP contribution in [0.15, 0.2) is 23.0 Å². The molecule has 88 valence electrons. The number of amides is 1. The van der Waals surface area contributed by atoms with Gasteiger partial charge in [0.25, 0.3) is 5.56 Å². The van der Waals surface area contributed by atoms with Gasteiger partial charge in [-0.05, 0) is 19.1 Å². The molecule has 2 rings (SSSR count). The highest BCUT2D eigenvalue weighted by Crippen LogP contribution is 2.12. The minimum Gasteiger partial charge on any atom is -0.296 e. The molecule has 0 fully saturated rings. The first-order chi connectivity index (χ1) is 7.99. The van der Waals surface area contributed by atoms with Gasteiger partial charge in [-0.3, -0.25) is 19.5 Å². The fourth-order valence-corrected chi connectivity index (χ4v) is 1.65. The van der Waals surface area contributed by atoms with Crippen LogP contribution in [-0.4, -0.2) is 15.5 Å². The second-order valence-corrected chi connectivity index (χ2v) is 4.00. The molecule has 17 heavy (non-hydrogen) atoms. The van der Waals surface area contributed by atoms with Crippen LogP contribution in [0.4, 0.5) is 5.95 Å². The number of nitrogens with zero attached hydrogens (tertiary/aromatic N) is 2. The van der Waals surface area contributed by atoms with E-state index in [0.29, 0.717) is 10.9 Å². The Morgan fingerprint density at radius 2 is 2.12 bits per heavy atom. The van der Waals surface area contributed by atoms with E-state index in [2.05, 4.69) is 10.3 Å². The molecule has 0 saturated heterocycles. The second-order valence-electron chi connectivity index (χ2n) is 4.00. The van der Waals surface area contributed by atoms with Crippen molar-refractivity contribution >= 4 is 22.8 Å². The van der Waals surface area contributed by atoms with Gasteiger partial charge in [-0.2, -0.15) is 0 Å². The van der Waals surface area contributed by atoms with E-state index >= 15 is 0 Å². The van der Waals surface area contributed by atoms with Crippen LogP contribution >= 0.6 is 0 Å². The van der Waals surface area contributed by atoms with Gasteiger partial charge in [-0.15, -0.1) is 0 Å². The average molecular weight is 231 g/mol. The molecule has 0 aliphatic carbocycles. The summed E-state index contributed by atoms with van der Waals surface area (Å²) in [5.41, 5.74) is 1.42. The Morgan fingerprint density at radius 1 is 1.41 bits per heavy atom. The third kappa shape index (κ3) is 2.04. The number of hydrogen-bond donors (Lipinski definition) is 1. The number of aromatic nitrogens is 2. The van der Waals surface area contributed by atoms with Crippen molar-refractivity contribution < 1.29 is 4.79 Å². The Balaban J connectivity index is 2.75. The molecule has 0 bridgehead atoms. The lowest BCUT2D eigenvalue weighted by atomic mass is 10.2. The van der Waals surface area contributed by atoms with Crippen molar-refractivity contribution in [3.63, 3.8) is 0 Å². The number of nitrogens with one attached hydrogen (secondary N) is 1. The minimum atomic E-state index is -0.251. The van der Waals surface area contributed by atoms with Crippen molar-refractivity contribution in [1.82, 2.24) is 9.55 Å². The Labute approximate surface area is 98.1 Å². The summed E-state index contributed by atoms with van der Waals surface area (Å²) in [6.45, 7) is 3.30. The van der Waals surface area contributed by atoms with Gasteiger partial charge in [0.1, 0.15) is 0 Å². The normalized spacial score (nSPS) is 10.5. The predicted octanol–water partition coefficient (Wildman–Crippen LogP) is 1.20. The number of hydrogen-bond acceptors (Lipinski definition) is 3. The van der Waals surface area contributed by atoms with Crippen LogP contribution in [0, 0.1) is 6.92 Å². The zero-order chi connectivity index (χ0) is 12.6. The molecule has 1 aromatic heterocycles. The smallest absolute Gasteiger partial charge is 0.262 e. The lowest BCUT2D eigenvalue weighted by Gasteiger charge is -2.09. The third-order valence-electron chi connectivity index (χ3n) is 2.52. The van der Waals surface area contributed by atoms with Gasteiger partial charge in [0, 0.05) is 14.0 Å². The molecule has 0 radical (unpaired) electrons. The Morgan fingerprint density at radius 3 is 2.76 bits per heavy atom. The second kappa shape index (κ2) is 4.01. The van der Waals surface area contributed by atoms with Gasteiger partial charge < -0.3 is 0 Å². The molecule has 5 nitrogen and oxygen atoms in total. The Kier molecular flexibility index (Phi) is 2.67. The van der Waals surface area contributed by atoms with E-state index in [-0.39, 0.29) is 17.4 Å². The molecule has 1 N–H and O–H groups in total. The number of anilines is 1. The summed E-state index contributed by atoms with van der Waals surface area (Å²) in [7, 11) is 1.59. The van der Waals surface area contributed by atoms with Crippen LogP contribution in [0.5, 0.6) is 0 Å². The highest BCUT2D eigenvalue weighted by Gasteiger charge is 2.08. The monoisotopic (exact) mass is 231 g/mol. The van der Waals surface area contributed by atoms with E-state index in [9.17, 15) is 9.59 Å². The molecule has 1 amide bonds. The highest BCUT2D eigenvalue weighted by atomic mass is 16.2.